The van der Waals surface area contributed by atoms with Crippen LogP contribution in [0.4, 0.5) is 0 Å². The molecule has 25 heavy (non-hydrogen) atoms. The van der Waals surface area contributed by atoms with Crippen LogP contribution in [0.25, 0.3) is 10.6 Å². The summed E-state index contributed by atoms with van der Waals surface area (Å²) in [4.78, 5) is 30.4. The van der Waals surface area contributed by atoms with E-state index in [4.69, 9.17) is 14.5 Å². The molecule has 1 aromatic carbocycles. The fraction of sp³-hybridized carbons (Fsp3) is 0.389. The predicted octanol–water partition coefficient (Wildman–Crippen LogP) is 3.84. The maximum Gasteiger partial charge on any atom is 0.321 e. The summed E-state index contributed by atoms with van der Waals surface area (Å²) < 4.78 is 10.2. The number of benzene rings is 1. The number of fused-ring (bicyclic) bond motifs is 1. The molecule has 0 N–H and O–H groups in total. The van der Waals surface area contributed by atoms with Gasteiger partial charge in [-0.3, -0.25) is 9.59 Å². The molecule has 2 aromatic rings. The van der Waals surface area contributed by atoms with Crippen LogP contribution in [-0.4, -0.2) is 30.1 Å². The summed E-state index contributed by atoms with van der Waals surface area (Å²) in [5.41, 5.74) is 1.98. The highest BCUT2D eigenvalue weighted by molar-refractivity contribution is 7.99. The molecule has 1 unspecified atom stereocenters. The zero-order valence-electron chi connectivity index (χ0n) is 14.1. The summed E-state index contributed by atoms with van der Waals surface area (Å²) in [6, 6.07) is 9.90. The van der Waals surface area contributed by atoms with Crippen molar-refractivity contribution < 1.29 is 19.1 Å². The van der Waals surface area contributed by atoms with Gasteiger partial charge in [0.2, 0.25) is 0 Å². The summed E-state index contributed by atoms with van der Waals surface area (Å²) >= 11 is 3.08. The van der Waals surface area contributed by atoms with Crippen molar-refractivity contribution in [1.82, 2.24) is 4.98 Å². The molecule has 1 aromatic heterocycles. The van der Waals surface area contributed by atoms with E-state index in [9.17, 15) is 9.59 Å². The lowest BCUT2D eigenvalue weighted by Crippen LogP contribution is -2.31. The Kier molecular flexibility index (Phi) is 5.75. The molecule has 0 spiro atoms. The van der Waals surface area contributed by atoms with E-state index in [-0.39, 0.29) is 18.5 Å². The lowest BCUT2D eigenvalue weighted by atomic mass is 10.0. The van der Waals surface area contributed by atoms with Gasteiger partial charge in [0.1, 0.15) is 5.01 Å². The van der Waals surface area contributed by atoms with Crippen molar-refractivity contribution in [3.8, 4) is 10.6 Å². The second kappa shape index (κ2) is 8.01. The number of hydrogen-bond acceptors (Lipinski definition) is 7. The van der Waals surface area contributed by atoms with Gasteiger partial charge in [-0.1, -0.05) is 30.3 Å². The molecule has 0 amide bonds. The summed E-state index contributed by atoms with van der Waals surface area (Å²) in [6.45, 7) is 3.93. The van der Waals surface area contributed by atoms with E-state index in [1.807, 2.05) is 30.3 Å². The molecule has 1 atom stereocenters. The number of nitrogens with zero attached hydrogens (tertiary/aromatic N) is 1. The van der Waals surface area contributed by atoms with Crippen LogP contribution in [-0.2, 0) is 24.8 Å². The van der Waals surface area contributed by atoms with E-state index < -0.39 is 17.9 Å². The number of rotatable bonds is 6. The number of ether oxygens (including phenoxy) is 2. The molecule has 0 saturated heterocycles. The highest BCUT2D eigenvalue weighted by atomic mass is 32.2. The maximum atomic E-state index is 12.4. The molecule has 0 bridgehead atoms. The number of thiazole rings is 1. The van der Waals surface area contributed by atoms with Gasteiger partial charge in [-0.2, -0.15) is 0 Å². The van der Waals surface area contributed by atoms with E-state index in [0.29, 0.717) is 5.75 Å². The third-order valence-electron chi connectivity index (χ3n) is 3.79. The third-order valence-corrected chi connectivity index (χ3v) is 6.48. The minimum Gasteiger partial charge on any atom is -0.465 e. The first-order valence-electron chi connectivity index (χ1n) is 8.15. The maximum absolute atomic E-state index is 12.4. The number of esters is 2. The average Bonchev–Trinajstić information content (AvgIpc) is 3.18. The number of carbonyl (C=O) groups excluding carboxylic acids is 2. The molecule has 0 fully saturated rings. The Balaban J connectivity index is 1.92. The lowest BCUT2D eigenvalue weighted by molar-refractivity contribution is -0.161. The van der Waals surface area contributed by atoms with Crippen molar-refractivity contribution in [2.45, 2.75) is 24.9 Å². The molecule has 5 nitrogen and oxygen atoms in total. The van der Waals surface area contributed by atoms with Gasteiger partial charge in [0.25, 0.3) is 0 Å². The van der Waals surface area contributed by atoms with Crippen LogP contribution in [0.5, 0.6) is 0 Å². The van der Waals surface area contributed by atoms with Crippen molar-refractivity contribution in [3.05, 3.63) is 40.9 Å². The minimum atomic E-state index is -0.949. The van der Waals surface area contributed by atoms with Crippen LogP contribution in [0.1, 0.15) is 29.7 Å². The monoisotopic (exact) mass is 377 g/mol. The van der Waals surface area contributed by atoms with Crippen molar-refractivity contribution in [3.63, 3.8) is 0 Å². The van der Waals surface area contributed by atoms with Crippen molar-refractivity contribution in [2.75, 3.05) is 13.2 Å². The largest absolute Gasteiger partial charge is 0.465 e. The zero-order chi connectivity index (χ0) is 17.8. The minimum absolute atomic E-state index is 0.233. The highest BCUT2D eigenvalue weighted by Gasteiger charge is 2.44. The molecule has 132 valence electrons. The molecular weight excluding hydrogens is 358 g/mol. The molecular formula is C18H19NO4S2. The Morgan fingerprint density at radius 1 is 1.16 bits per heavy atom. The van der Waals surface area contributed by atoms with E-state index in [1.54, 1.807) is 25.6 Å². The number of thioether (sulfide) groups is 1. The van der Waals surface area contributed by atoms with E-state index in [1.165, 1.54) is 11.3 Å². The quantitative estimate of drug-likeness (QED) is 0.563. The number of carbonyl (C=O) groups is 2. The van der Waals surface area contributed by atoms with Gasteiger partial charge in [-0.05, 0) is 13.8 Å². The predicted molar refractivity (Wildman–Crippen MR) is 98.3 cm³/mol. The Bertz CT molecular complexity index is 742. The van der Waals surface area contributed by atoms with Gasteiger partial charge in [0.05, 0.1) is 24.2 Å². The van der Waals surface area contributed by atoms with Gasteiger partial charge in [-0.15, -0.1) is 23.1 Å². The SMILES string of the molecule is CCOC(=O)C(C(=O)OCC)C1SCc2nc(-c3ccccc3)sc21. The molecule has 0 saturated carbocycles. The van der Waals surface area contributed by atoms with Gasteiger partial charge in [0, 0.05) is 16.2 Å². The van der Waals surface area contributed by atoms with Gasteiger partial charge in [-0.25, -0.2) is 4.98 Å². The molecule has 2 heterocycles. The smallest absolute Gasteiger partial charge is 0.321 e. The van der Waals surface area contributed by atoms with Crippen LogP contribution in [0.3, 0.4) is 0 Å². The van der Waals surface area contributed by atoms with Gasteiger partial charge in [0.15, 0.2) is 5.92 Å². The lowest BCUT2D eigenvalue weighted by Gasteiger charge is -2.19. The Morgan fingerprint density at radius 3 is 2.40 bits per heavy atom. The summed E-state index contributed by atoms with van der Waals surface area (Å²) in [5.74, 6) is -1.32. The Labute approximate surface area is 154 Å². The zero-order valence-corrected chi connectivity index (χ0v) is 15.7. The molecule has 0 radical (unpaired) electrons. The number of aromatic nitrogens is 1. The average molecular weight is 377 g/mol. The number of hydrogen-bond donors (Lipinski definition) is 0. The topological polar surface area (TPSA) is 65.5 Å². The second-order valence-corrected chi connectivity index (χ2v) is 7.57. The molecule has 1 aliphatic heterocycles. The standard InChI is InChI=1S/C18H19NO4S2/c1-3-22-17(20)13(18(21)23-4-2)15-14-12(10-24-15)19-16(25-14)11-8-6-5-7-9-11/h5-9,13,15H,3-4,10H2,1-2H3. The summed E-state index contributed by atoms with van der Waals surface area (Å²) in [7, 11) is 0. The van der Waals surface area contributed by atoms with Crippen LogP contribution < -0.4 is 0 Å². The first kappa shape index (κ1) is 17.9. The van der Waals surface area contributed by atoms with Gasteiger partial charge < -0.3 is 9.47 Å². The fourth-order valence-electron chi connectivity index (χ4n) is 2.69. The van der Waals surface area contributed by atoms with Crippen molar-refractivity contribution >= 4 is 35.0 Å². The van der Waals surface area contributed by atoms with Crippen LogP contribution >= 0.6 is 23.1 Å². The van der Waals surface area contributed by atoms with E-state index >= 15 is 0 Å². The second-order valence-electron chi connectivity index (χ2n) is 5.41. The molecule has 0 aliphatic carbocycles. The van der Waals surface area contributed by atoms with Crippen molar-refractivity contribution in [1.29, 1.82) is 0 Å². The summed E-state index contributed by atoms with van der Waals surface area (Å²) in [5, 5.41) is 0.602. The fourth-order valence-corrected chi connectivity index (χ4v) is 5.50. The first-order chi connectivity index (χ1) is 12.2. The van der Waals surface area contributed by atoms with Crippen LogP contribution in [0, 0.1) is 5.92 Å². The Hall–Kier alpha value is -1.86. The highest BCUT2D eigenvalue weighted by Crippen LogP contribution is 2.50. The third kappa shape index (κ3) is 3.72. The molecule has 3 rings (SSSR count). The van der Waals surface area contributed by atoms with Crippen LogP contribution in [0.2, 0.25) is 0 Å². The van der Waals surface area contributed by atoms with E-state index in [2.05, 4.69) is 0 Å². The van der Waals surface area contributed by atoms with Gasteiger partial charge >= 0.3 is 11.9 Å². The van der Waals surface area contributed by atoms with Crippen molar-refractivity contribution in [2.24, 2.45) is 5.92 Å². The van der Waals surface area contributed by atoms with E-state index in [0.717, 1.165) is 21.1 Å². The first-order valence-corrected chi connectivity index (χ1v) is 10.0. The Morgan fingerprint density at radius 2 is 1.80 bits per heavy atom. The van der Waals surface area contributed by atoms with Crippen LogP contribution in [0.15, 0.2) is 30.3 Å². The molecule has 7 heteroatoms. The summed E-state index contributed by atoms with van der Waals surface area (Å²) in [6.07, 6.45) is 0. The normalized spacial score (nSPS) is 15.9. The molecule has 1 aliphatic rings.